The average Bonchev–Trinajstić information content (AvgIpc) is 2.14. The molecule has 0 aliphatic rings. The molecule has 0 aliphatic heterocycles. The summed E-state index contributed by atoms with van der Waals surface area (Å²) in [6.45, 7) is -0.578. The number of hydrogen-bond acceptors (Lipinski definition) is 3. The maximum Gasteiger partial charge on any atom is 0.148 e. The summed E-state index contributed by atoms with van der Waals surface area (Å²) in [6, 6.07) is -0.412. The van der Waals surface area contributed by atoms with Crippen molar-refractivity contribution in [1.29, 1.82) is 0 Å². The first kappa shape index (κ1) is 11.4. The molecule has 0 bridgehead atoms. The first-order valence-corrected chi connectivity index (χ1v) is 4.51. The van der Waals surface area contributed by atoms with Gasteiger partial charge in [0.2, 0.25) is 0 Å². The summed E-state index contributed by atoms with van der Waals surface area (Å²) in [5.41, 5.74) is 4.84. The first-order valence-electron chi connectivity index (χ1n) is 3.71. The van der Waals surface area contributed by atoms with Gasteiger partial charge in [0, 0.05) is 11.6 Å². The fourth-order valence-electron chi connectivity index (χ4n) is 1.03. The summed E-state index contributed by atoms with van der Waals surface area (Å²) >= 11 is 2.73. The van der Waals surface area contributed by atoms with E-state index in [0.717, 1.165) is 6.07 Å². The number of phenolic OH excluding ortho intramolecular Hbond substituents is 1. The van der Waals surface area contributed by atoms with E-state index in [1.807, 2.05) is 0 Å². The topological polar surface area (TPSA) is 66.5 Å². The summed E-state index contributed by atoms with van der Waals surface area (Å²) < 4.78 is 26.2. The smallest absolute Gasteiger partial charge is 0.148 e. The molecule has 0 saturated heterocycles. The molecule has 0 radical (unpaired) electrons. The van der Waals surface area contributed by atoms with Gasteiger partial charge in [-0.2, -0.15) is 0 Å². The van der Waals surface area contributed by atoms with Crippen LogP contribution >= 0.6 is 15.9 Å². The predicted molar refractivity (Wildman–Crippen MR) is 49.7 cm³/mol. The molecule has 0 aromatic heterocycles. The predicted octanol–water partition coefficient (Wildman–Crippen LogP) is 1.42. The third-order valence-corrected chi connectivity index (χ3v) is 2.50. The minimum absolute atomic E-state index is 0.266. The van der Waals surface area contributed by atoms with Crippen molar-refractivity contribution in [2.45, 2.75) is 6.04 Å². The Morgan fingerprint density at radius 1 is 1.50 bits per heavy atom. The van der Waals surface area contributed by atoms with Crippen LogP contribution in [0.25, 0.3) is 0 Å². The lowest BCUT2D eigenvalue weighted by atomic mass is 10.1. The quantitative estimate of drug-likeness (QED) is 0.711. The number of phenols is 1. The Bertz CT molecular complexity index is 360. The van der Waals surface area contributed by atoms with Crippen LogP contribution in [0.4, 0.5) is 8.78 Å². The van der Waals surface area contributed by atoms with Gasteiger partial charge in [-0.05, 0) is 15.9 Å². The van der Waals surface area contributed by atoms with E-state index in [1.165, 1.54) is 0 Å². The second-order valence-electron chi connectivity index (χ2n) is 2.71. The normalized spacial score (nSPS) is 12.9. The van der Waals surface area contributed by atoms with E-state index in [-0.39, 0.29) is 4.47 Å². The highest BCUT2D eigenvalue weighted by molar-refractivity contribution is 9.10. The highest BCUT2D eigenvalue weighted by Crippen LogP contribution is 2.32. The van der Waals surface area contributed by atoms with Gasteiger partial charge in [-0.1, -0.05) is 0 Å². The molecular formula is C8H8BrF2NO2. The molecule has 1 unspecified atom stereocenters. The molecule has 4 N–H and O–H groups in total. The highest BCUT2D eigenvalue weighted by Gasteiger charge is 2.21. The lowest BCUT2D eigenvalue weighted by Crippen LogP contribution is -2.18. The van der Waals surface area contributed by atoms with Crippen molar-refractivity contribution in [3.8, 4) is 5.75 Å². The summed E-state index contributed by atoms with van der Waals surface area (Å²) in [4.78, 5) is 0. The number of benzene rings is 1. The average molecular weight is 268 g/mol. The number of aliphatic hydroxyl groups excluding tert-OH is 1. The van der Waals surface area contributed by atoms with Gasteiger partial charge in [0.25, 0.3) is 0 Å². The van der Waals surface area contributed by atoms with Gasteiger partial charge < -0.3 is 15.9 Å². The van der Waals surface area contributed by atoms with Crippen molar-refractivity contribution in [2.75, 3.05) is 6.61 Å². The zero-order valence-corrected chi connectivity index (χ0v) is 8.55. The van der Waals surface area contributed by atoms with E-state index in [1.54, 1.807) is 0 Å². The van der Waals surface area contributed by atoms with Gasteiger partial charge >= 0.3 is 0 Å². The zero-order valence-electron chi connectivity index (χ0n) is 6.97. The summed E-state index contributed by atoms with van der Waals surface area (Å²) in [5.74, 6) is -2.53. The maximum atomic E-state index is 13.3. The van der Waals surface area contributed by atoms with E-state index in [2.05, 4.69) is 15.9 Å². The Morgan fingerprint density at radius 3 is 2.57 bits per heavy atom. The van der Waals surface area contributed by atoms with Crippen LogP contribution in [0.1, 0.15) is 11.6 Å². The molecule has 0 spiro atoms. The van der Waals surface area contributed by atoms with Crippen molar-refractivity contribution >= 4 is 15.9 Å². The molecule has 14 heavy (non-hydrogen) atoms. The number of halogens is 3. The van der Waals surface area contributed by atoms with Crippen molar-refractivity contribution in [1.82, 2.24) is 0 Å². The van der Waals surface area contributed by atoms with Gasteiger partial charge in [0.1, 0.15) is 17.4 Å². The molecule has 0 fully saturated rings. The number of hydrogen-bond donors (Lipinski definition) is 3. The second-order valence-corrected chi connectivity index (χ2v) is 3.50. The molecule has 0 heterocycles. The molecule has 0 amide bonds. The molecule has 0 aliphatic carbocycles. The summed E-state index contributed by atoms with van der Waals surface area (Å²) in [5, 5.41) is 17.7. The van der Waals surface area contributed by atoms with Crippen molar-refractivity contribution < 1.29 is 19.0 Å². The molecule has 0 saturated carbocycles. The van der Waals surface area contributed by atoms with Crippen LogP contribution in [0.3, 0.4) is 0 Å². The summed E-state index contributed by atoms with van der Waals surface area (Å²) in [7, 11) is 0. The molecule has 1 aromatic rings. The molecule has 6 heteroatoms. The molecular weight excluding hydrogens is 260 g/mol. The van der Waals surface area contributed by atoms with Crippen molar-refractivity contribution in [2.24, 2.45) is 5.73 Å². The van der Waals surface area contributed by atoms with Gasteiger partial charge in [-0.25, -0.2) is 8.78 Å². The van der Waals surface area contributed by atoms with Crippen LogP contribution in [-0.4, -0.2) is 16.8 Å². The Labute approximate surface area is 87.3 Å². The standard InChI is InChI=1S/C8H8BrF2NO2/c9-7-5(14)1-3(10)6(8(7)11)4(12)2-13/h1,4,13-14H,2,12H2. The van der Waals surface area contributed by atoms with Crippen LogP contribution in [0.15, 0.2) is 10.5 Å². The Morgan fingerprint density at radius 2 is 2.07 bits per heavy atom. The molecule has 1 rings (SSSR count). The van der Waals surface area contributed by atoms with E-state index in [0.29, 0.717) is 0 Å². The fraction of sp³-hybridized carbons (Fsp3) is 0.250. The zero-order chi connectivity index (χ0) is 10.9. The van der Waals surface area contributed by atoms with Crippen LogP contribution in [0, 0.1) is 11.6 Å². The SMILES string of the molecule is NC(CO)c1c(F)cc(O)c(Br)c1F. The van der Waals surface area contributed by atoms with Gasteiger partial charge in [-0.3, -0.25) is 0 Å². The van der Waals surface area contributed by atoms with Crippen LogP contribution in [-0.2, 0) is 0 Å². The number of rotatable bonds is 2. The molecule has 1 aromatic carbocycles. The van der Waals surface area contributed by atoms with E-state index >= 15 is 0 Å². The van der Waals surface area contributed by atoms with E-state index in [9.17, 15) is 8.78 Å². The van der Waals surface area contributed by atoms with Crippen molar-refractivity contribution in [3.63, 3.8) is 0 Å². The van der Waals surface area contributed by atoms with Gasteiger partial charge in [0.15, 0.2) is 0 Å². The number of nitrogens with two attached hydrogens (primary N) is 1. The third-order valence-electron chi connectivity index (χ3n) is 1.74. The summed E-state index contributed by atoms with van der Waals surface area (Å²) in [6.07, 6.45) is 0. The van der Waals surface area contributed by atoms with Crippen LogP contribution in [0.5, 0.6) is 5.75 Å². The van der Waals surface area contributed by atoms with Crippen LogP contribution < -0.4 is 5.73 Å². The number of aromatic hydroxyl groups is 1. The minimum Gasteiger partial charge on any atom is -0.507 e. The lowest BCUT2D eigenvalue weighted by Gasteiger charge is -2.12. The highest BCUT2D eigenvalue weighted by atomic mass is 79.9. The van der Waals surface area contributed by atoms with Crippen molar-refractivity contribution in [3.05, 3.63) is 27.7 Å². The molecule has 78 valence electrons. The minimum atomic E-state index is -1.15. The van der Waals surface area contributed by atoms with E-state index in [4.69, 9.17) is 15.9 Å². The Kier molecular flexibility index (Phi) is 3.41. The van der Waals surface area contributed by atoms with Crippen LogP contribution in [0.2, 0.25) is 0 Å². The lowest BCUT2D eigenvalue weighted by molar-refractivity contribution is 0.261. The first-order chi connectivity index (χ1) is 6.49. The third kappa shape index (κ3) is 1.87. The Balaban J connectivity index is 3.36. The Hall–Kier alpha value is -0.720. The largest absolute Gasteiger partial charge is 0.507 e. The molecule has 3 nitrogen and oxygen atoms in total. The second kappa shape index (κ2) is 4.20. The maximum absolute atomic E-state index is 13.3. The monoisotopic (exact) mass is 267 g/mol. The van der Waals surface area contributed by atoms with Gasteiger partial charge in [-0.15, -0.1) is 0 Å². The molecule has 1 atom stereocenters. The fourth-order valence-corrected chi connectivity index (χ4v) is 1.36. The number of aliphatic hydroxyl groups is 1. The van der Waals surface area contributed by atoms with E-state index < -0.39 is 35.6 Å². The van der Waals surface area contributed by atoms with Gasteiger partial charge in [0.05, 0.1) is 17.1 Å².